The molecule has 5 nitrogen and oxygen atoms in total. The van der Waals surface area contributed by atoms with Gasteiger partial charge in [-0.1, -0.05) is 30.3 Å². The normalized spacial score (nSPS) is 15.0. The molecule has 1 aliphatic heterocycles. The largest absolute Gasteiger partial charge is 0.439 e. The first-order chi connectivity index (χ1) is 12.6. The van der Waals surface area contributed by atoms with E-state index in [-0.39, 0.29) is 18.3 Å². The maximum absolute atomic E-state index is 13.9. The van der Waals surface area contributed by atoms with E-state index in [1.807, 2.05) is 29.2 Å². The summed E-state index contributed by atoms with van der Waals surface area (Å²) in [7, 11) is 1.78. The Balaban J connectivity index is 1.57. The number of amides is 1. The zero-order chi connectivity index (χ0) is 18.1. The van der Waals surface area contributed by atoms with Crippen molar-refractivity contribution < 1.29 is 13.6 Å². The van der Waals surface area contributed by atoms with Crippen molar-refractivity contribution in [2.45, 2.75) is 13.1 Å². The summed E-state index contributed by atoms with van der Waals surface area (Å²) in [5.74, 6) is 0.501. The van der Waals surface area contributed by atoms with E-state index in [1.54, 1.807) is 30.1 Å². The number of hydrogen-bond acceptors (Lipinski definition) is 4. The number of benzene rings is 2. The smallest absolute Gasteiger partial charge is 0.240 e. The molecule has 0 N–H and O–H groups in total. The van der Waals surface area contributed by atoms with Crippen LogP contribution in [0.3, 0.4) is 0 Å². The van der Waals surface area contributed by atoms with Crippen molar-refractivity contribution in [1.29, 1.82) is 0 Å². The number of fused-ring (bicyclic) bond motifs is 1. The molecule has 132 valence electrons. The molecule has 0 bridgehead atoms. The van der Waals surface area contributed by atoms with Crippen LogP contribution in [0.2, 0.25) is 0 Å². The highest BCUT2D eigenvalue weighted by Gasteiger charge is 2.24. The van der Waals surface area contributed by atoms with Gasteiger partial charge in [-0.15, -0.1) is 0 Å². The quantitative estimate of drug-likeness (QED) is 0.725. The van der Waals surface area contributed by atoms with E-state index in [9.17, 15) is 9.18 Å². The van der Waals surface area contributed by atoms with Crippen LogP contribution in [-0.2, 0) is 17.9 Å². The average molecular weight is 351 g/mol. The van der Waals surface area contributed by atoms with Crippen molar-refractivity contribution in [2.75, 3.05) is 18.5 Å². The van der Waals surface area contributed by atoms with Gasteiger partial charge < -0.3 is 9.32 Å². The highest BCUT2D eigenvalue weighted by Crippen LogP contribution is 2.27. The second-order valence-electron chi connectivity index (χ2n) is 6.32. The van der Waals surface area contributed by atoms with Crippen molar-refractivity contribution >= 4 is 11.6 Å². The molecule has 2 heterocycles. The molecule has 0 radical (unpaired) electrons. The van der Waals surface area contributed by atoms with Gasteiger partial charge in [-0.25, -0.2) is 9.37 Å². The number of rotatable bonds is 3. The maximum atomic E-state index is 13.9. The Hall–Kier alpha value is -2.99. The number of halogens is 1. The molecule has 1 aromatic heterocycles. The van der Waals surface area contributed by atoms with Crippen LogP contribution in [0.25, 0.3) is 11.3 Å². The molecule has 0 spiro atoms. The Morgan fingerprint density at radius 2 is 1.88 bits per heavy atom. The van der Waals surface area contributed by atoms with Gasteiger partial charge in [0.15, 0.2) is 5.76 Å². The third kappa shape index (κ3) is 3.11. The molecular formula is C20H18FN3O2. The van der Waals surface area contributed by atoms with Gasteiger partial charge in [0.05, 0.1) is 24.8 Å². The lowest BCUT2D eigenvalue weighted by Gasteiger charge is -2.17. The summed E-state index contributed by atoms with van der Waals surface area (Å²) in [4.78, 5) is 20.3. The van der Waals surface area contributed by atoms with Gasteiger partial charge in [-0.05, 0) is 23.8 Å². The maximum Gasteiger partial charge on any atom is 0.240 e. The van der Waals surface area contributed by atoms with Gasteiger partial charge in [-0.3, -0.25) is 9.69 Å². The van der Waals surface area contributed by atoms with Crippen molar-refractivity contribution in [1.82, 2.24) is 9.88 Å². The lowest BCUT2D eigenvalue weighted by Crippen LogP contribution is -2.34. The van der Waals surface area contributed by atoms with Crippen LogP contribution < -0.4 is 4.90 Å². The van der Waals surface area contributed by atoms with Crippen LogP contribution in [0.4, 0.5) is 10.1 Å². The Morgan fingerprint density at radius 1 is 1.12 bits per heavy atom. The minimum Gasteiger partial charge on any atom is -0.439 e. The monoisotopic (exact) mass is 351 g/mol. The average Bonchev–Trinajstić information content (AvgIpc) is 3.05. The molecule has 0 fully saturated rings. The van der Waals surface area contributed by atoms with Gasteiger partial charge in [-0.2, -0.15) is 0 Å². The molecule has 0 atom stereocenters. The van der Waals surface area contributed by atoms with Crippen LogP contribution in [0, 0.1) is 5.82 Å². The Morgan fingerprint density at radius 3 is 2.73 bits per heavy atom. The van der Waals surface area contributed by atoms with Gasteiger partial charge in [0.25, 0.3) is 0 Å². The predicted molar refractivity (Wildman–Crippen MR) is 95.9 cm³/mol. The van der Waals surface area contributed by atoms with E-state index < -0.39 is 0 Å². The molecule has 4 rings (SSSR count). The molecule has 1 amide bonds. The molecule has 1 aliphatic rings. The van der Waals surface area contributed by atoms with Crippen molar-refractivity contribution in [3.05, 3.63) is 72.0 Å². The van der Waals surface area contributed by atoms with Gasteiger partial charge in [0.2, 0.25) is 11.8 Å². The third-order valence-electron chi connectivity index (χ3n) is 4.53. The number of carbonyl (C=O) groups is 1. The van der Waals surface area contributed by atoms with E-state index in [0.29, 0.717) is 30.3 Å². The number of likely N-dealkylation sites (N-methyl/N-ethyl adjacent to an activating group) is 1. The minimum absolute atomic E-state index is 0.0100. The van der Waals surface area contributed by atoms with E-state index >= 15 is 0 Å². The number of aromatic nitrogens is 1. The second-order valence-corrected chi connectivity index (χ2v) is 6.32. The van der Waals surface area contributed by atoms with E-state index in [4.69, 9.17) is 4.42 Å². The van der Waals surface area contributed by atoms with Crippen LogP contribution in [-0.4, -0.2) is 29.4 Å². The first-order valence-electron chi connectivity index (χ1n) is 8.38. The van der Waals surface area contributed by atoms with Crippen molar-refractivity contribution in [3.8, 4) is 11.3 Å². The SMILES string of the molecule is CN1C(=O)CN(Cc2ncc(-c3ccccc3F)o2)Cc2ccccc21. The number of hydrogen-bond donors (Lipinski definition) is 0. The van der Waals surface area contributed by atoms with Gasteiger partial charge >= 0.3 is 0 Å². The second kappa shape index (κ2) is 6.72. The molecular weight excluding hydrogens is 333 g/mol. The first-order valence-corrected chi connectivity index (χ1v) is 8.38. The Labute approximate surface area is 150 Å². The fourth-order valence-electron chi connectivity index (χ4n) is 3.17. The number of carbonyl (C=O) groups excluding carboxylic acids is 1. The molecule has 0 aliphatic carbocycles. The highest BCUT2D eigenvalue weighted by atomic mass is 19.1. The molecule has 26 heavy (non-hydrogen) atoms. The van der Waals surface area contributed by atoms with Gasteiger partial charge in [0, 0.05) is 19.3 Å². The first kappa shape index (κ1) is 16.5. The van der Waals surface area contributed by atoms with Gasteiger partial charge in [0.1, 0.15) is 5.82 Å². The number of nitrogens with zero attached hydrogens (tertiary/aromatic N) is 3. The zero-order valence-corrected chi connectivity index (χ0v) is 14.4. The molecule has 0 unspecified atom stereocenters. The van der Waals surface area contributed by atoms with Crippen molar-refractivity contribution in [3.63, 3.8) is 0 Å². The Bertz CT molecular complexity index is 953. The summed E-state index contributed by atoms with van der Waals surface area (Å²) in [6.45, 7) is 1.26. The lowest BCUT2D eigenvalue weighted by molar-refractivity contribution is -0.119. The lowest BCUT2D eigenvalue weighted by atomic mass is 10.1. The van der Waals surface area contributed by atoms with E-state index in [0.717, 1.165) is 11.3 Å². The third-order valence-corrected chi connectivity index (χ3v) is 4.53. The summed E-state index contributed by atoms with van der Waals surface area (Å²) in [5, 5.41) is 0. The van der Waals surface area contributed by atoms with Crippen LogP contribution in [0.5, 0.6) is 0 Å². The molecule has 6 heteroatoms. The van der Waals surface area contributed by atoms with Crippen molar-refractivity contribution in [2.24, 2.45) is 0 Å². The number of oxazole rings is 1. The summed E-state index contributed by atoms with van der Waals surface area (Å²) in [6, 6.07) is 14.3. The van der Waals surface area contributed by atoms with Crippen LogP contribution in [0.1, 0.15) is 11.5 Å². The zero-order valence-electron chi connectivity index (χ0n) is 14.4. The Kier molecular flexibility index (Phi) is 4.26. The fraction of sp³-hybridized carbons (Fsp3) is 0.200. The number of para-hydroxylation sites is 1. The van der Waals surface area contributed by atoms with E-state index in [2.05, 4.69) is 4.98 Å². The van der Waals surface area contributed by atoms with Crippen LogP contribution in [0.15, 0.2) is 59.1 Å². The molecule has 0 saturated heterocycles. The predicted octanol–water partition coefficient (Wildman–Crippen LogP) is 3.46. The summed E-state index contributed by atoms with van der Waals surface area (Å²) < 4.78 is 19.6. The molecule has 0 saturated carbocycles. The summed E-state index contributed by atoms with van der Waals surface area (Å²) in [6.07, 6.45) is 1.52. The minimum atomic E-state index is -0.351. The summed E-state index contributed by atoms with van der Waals surface area (Å²) in [5.41, 5.74) is 2.37. The molecule has 2 aromatic carbocycles. The fourth-order valence-corrected chi connectivity index (χ4v) is 3.17. The number of anilines is 1. The highest BCUT2D eigenvalue weighted by molar-refractivity contribution is 5.95. The topological polar surface area (TPSA) is 49.6 Å². The molecule has 3 aromatic rings. The van der Waals surface area contributed by atoms with Crippen LogP contribution >= 0.6 is 0 Å². The van der Waals surface area contributed by atoms with E-state index in [1.165, 1.54) is 12.3 Å². The summed E-state index contributed by atoms with van der Waals surface area (Å²) >= 11 is 0. The standard InChI is InChI=1S/C20H18FN3O2/c1-23-17-9-5-2-6-14(17)11-24(13-20(23)25)12-19-22-10-18(26-19)15-7-3-4-8-16(15)21/h2-10H,11-13H2,1H3.